The molecule has 0 bridgehead atoms. The average molecular weight is 289 g/mol. The summed E-state index contributed by atoms with van der Waals surface area (Å²) in [5.41, 5.74) is 6.56. The number of nitrogens with zero attached hydrogens (tertiary/aromatic N) is 1. The molecule has 0 atom stereocenters. The summed E-state index contributed by atoms with van der Waals surface area (Å²) >= 11 is 0. The molecule has 0 saturated heterocycles. The summed E-state index contributed by atoms with van der Waals surface area (Å²) in [5, 5.41) is 2.82. The van der Waals surface area contributed by atoms with Gasteiger partial charge in [0.25, 0.3) is 5.91 Å². The number of hydrogen-bond acceptors (Lipinski definition) is 3. The standard InChI is InChI=1S/C16H23N3O2/c1-3-19(4-2)14(20)12-6-8-13(9-7-12)18-15(21)16(17)10-5-11-16/h6-9H,3-5,10-11,17H2,1-2H3,(H,18,21). The monoisotopic (exact) mass is 289 g/mol. The Kier molecular flexibility index (Phi) is 4.63. The van der Waals surface area contributed by atoms with Crippen molar-refractivity contribution in [1.82, 2.24) is 4.90 Å². The van der Waals surface area contributed by atoms with Crippen molar-refractivity contribution >= 4 is 17.5 Å². The van der Waals surface area contributed by atoms with Crippen LogP contribution in [0.2, 0.25) is 0 Å². The lowest BCUT2D eigenvalue weighted by Gasteiger charge is -2.36. The van der Waals surface area contributed by atoms with E-state index in [-0.39, 0.29) is 11.8 Å². The molecule has 5 nitrogen and oxygen atoms in total. The van der Waals surface area contributed by atoms with Gasteiger partial charge in [-0.05, 0) is 57.4 Å². The van der Waals surface area contributed by atoms with Gasteiger partial charge in [-0.3, -0.25) is 9.59 Å². The van der Waals surface area contributed by atoms with Crippen molar-refractivity contribution in [3.63, 3.8) is 0 Å². The van der Waals surface area contributed by atoms with E-state index in [9.17, 15) is 9.59 Å². The molecule has 0 radical (unpaired) electrons. The fourth-order valence-corrected chi connectivity index (χ4v) is 2.43. The molecule has 0 heterocycles. The van der Waals surface area contributed by atoms with Gasteiger partial charge in [-0.25, -0.2) is 0 Å². The lowest BCUT2D eigenvalue weighted by molar-refractivity contribution is -0.123. The van der Waals surface area contributed by atoms with Crippen molar-refractivity contribution in [2.75, 3.05) is 18.4 Å². The van der Waals surface area contributed by atoms with Crippen LogP contribution in [-0.2, 0) is 4.79 Å². The zero-order valence-corrected chi connectivity index (χ0v) is 12.7. The molecule has 0 unspecified atom stereocenters. The molecule has 2 amide bonds. The number of benzene rings is 1. The van der Waals surface area contributed by atoms with E-state index >= 15 is 0 Å². The fourth-order valence-electron chi connectivity index (χ4n) is 2.43. The van der Waals surface area contributed by atoms with E-state index in [1.165, 1.54) is 0 Å². The van der Waals surface area contributed by atoms with Crippen LogP contribution in [0.5, 0.6) is 0 Å². The summed E-state index contributed by atoms with van der Waals surface area (Å²) in [5.74, 6) is -0.135. The van der Waals surface area contributed by atoms with Crippen LogP contribution in [0, 0.1) is 0 Å². The zero-order valence-electron chi connectivity index (χ0n) is 12.7. The second kappa shape index (κ2) is 6.26. The molecule has 1 fully saturated rings. The van der Waals surface area contributed by atoms with Gasteiger partial charge < -0.3 is 16.0 Å². The Hall–Kier alpha value is -1.88. The molecule has 21 heavy (non-hydrogen) atoms. The molecule has 1 aliphatic rings. The van der Waals surface area contributed by atoms with Crippen molar-refractivity contribution in [2.45, 2.75) is 38.6 Å². The molecular formula is C16H23N3O2. The number of carbonyl (C=O) groups excluding carboxylic acids is 2. The minimum Gasteiger partial charge on any atom is -0.339 e. The second-order valence-corrected chi connectivity index (χ2v) is 5.52. The van der Waals surface area contributed by atoms with Gasteiger partial charge in [-0.15, -0.1) is 0 Å². The second-order valence-electron chi connectivity index (χ2n) is 5.52. The summed E-state index contributed by atoms with van der Waals surface area (Å²) in [6.07, 6.45) is 2.47. The fraction of sp³-hybridized carbons (Fsp3) is 0.500. The van der Waals surface area contributed by atoms with Crippen molar-refractivity contribution in [2.24, 2.45) is 5.73 Å². The molecule has 3 N–H and O–H groups in total. The number of rotatable bonds is 5. The predicted octanol–water partition coefficient (Wildman–Crippen LogP) is 1.99. The van der Waals surface area contributed by atoms with Crippen molar-refractivity contribution in [3.8, 4) is 0 Å². The first kappa shape index (κ1) is 15.5. The molecule has 1 aromatic rings. The Labute approximate surface area is 125 Å². The maximum atomic E-state index is 12.2. The van der Waals surface area contributed by atoms with Crippen molar-refractivity contribution in [1.29, 1.82) is 0 Å². The first-order valence-corrected chi connectivity index (χ1v) is 7.50. The minimum absolute atomic E-state index is 0.00663. The van der Waals surface area contributed by atoms with Crippen molar-refractivity contribution < 1.29 is 9.59 Å². The summed E-state index contributed by atoms with van der Waals surface area (Å²) in [7, 11) is 0. The van der Waals surface area contributed by atoms with E-state index < -0.39 is 5.54 Å². The number of hydrogen-bond donors (Lipinski definition) is 2. The van der Waals surface area contributed by atoms with Crippen molar-refractivity contribution in [3.05, 3.63) is 29.8 Å². The van der Waals surface area contributed by atoms with Gasteiger partial charge in [0.05, 0.1) is 5.54 Å². The lowest BCUT2D eigenvalue weighted by atomic mass is 9.77. The summed E-state index contributed by atoms with van der Waals surface area (Å²) in [6, 6.07) is 6.97. The van der Waals surface area contributed by atoms with Crippen LogP contribution in [0.1, 0.15) is 43.5 Å². The van der Waals surface area contributed by atoms with Crippen LogP contribution >= 0.6 is 0 Å². The summed E-state index contributed by atoms with van der Waals surface area (Å²) in [6.45, 7) is 5.28. The number of anilines is 1. The third-order valence-electron chi connectivity index (χ3n) is 4.14. The highest BCUT2D eigenvalue weighted by Crippen LogP contribution is 2.30. The normalized spacial score (nSPS) is 16.0. The zero-order chi connectivity index (χ0) is 15.5. The Bertz CT molecular complexity index is 517. The van der Waals surface area contributed by atoms with Gasteiger partial charge in [0.1, 0.15) is 0 Å². The van der Waals surface area contributed by atoms with Crippen LogP contribution in [0.15, 0.2) is 24.3 Å². The topological polar surface area (TPSA) is 75.4 Å². The number of nitrogens with two attached hydrogens (primary N) is 1. The van der Waals surface area contributed by atoms with Gasteiger partial charge in [-0.1, -0.05) is 0 Å². The third-order valence-corrected chi connectivity index (χ3v) is 4.14. The van der Waals surface area contributed by atoms with E-state index in [2.05, 4.69) is 5.32 Å². The predicted molar refractivity (Wildman–Crippen MR) is 83.1 cm³/mol. The molecule has 114 valence electrons. The molecule has 0 spiro atoms. The number of amides is 2. The highest BCUT2D eigenvalue weighted by Gasteiger charge is 2.40. The lowest BCUT2D eigenvalue weighted by Crippen LogP contribution is -2.56. The van der Waals surface area contributed by atoms with Crippen LogP contribution in [0.4, 0.5) is 5.69 Å². The largest absolute Gasteiger partial charge is 0.339 e. The molecular weight excluding hydrogens is 266 g/mol. The highest BCUT2D eigenvalue weighted by molar-refractivity contribution is 5.99. The van der Waals surface area contributed by atoms with Gasteiger partial charge in [-0.2, -0.15) is 0 Å². The maximum absolute atomic E-state index is 12.2. The molecule has 5 heteroatoms. The Morgan fingerprint density at radius 1 is 1.19 bits per heavy atom. The van der Waals surface area contributed by atoms with Crippen LogP contribution in [0.25, 0.3) is 0 Å². The highest BCUT2D eigenvalue weighted by atomic mass is 16.2. The average Bonchev–Trinajstić information content (AvgIpc) is 2.46. The van der Waals surface area contributed by atoms with Gasteiger partial charge in [0.15, 0.2) is 0 Å². The van der Waals surface area contributed by atoms with Crippen LogP contribution < -0.4 is 11.1 Å². The first-order valence-electron chi connectivity index (χ1n) is 7.50. The van der Waals surface area contributed by atoms with E-state index in [4.69, 9.17) is 5.73 Å². The number of carbonyl (C=O) groups is 2. The van der Waals surface area contributed by atoms with Gasteiger partial charge >= 0.3 is 0 Å². The smallest absolute Gasteiger partial charge is 0.253 e. The van der Waals surface area contributed by atoms with E-state index in [0.717, 1.165) is 19.3 Å². The molecule has 0 aliphatic heterocycles. The number of nitrogens with one attached hydrogen (secondary N) is 1. The Morgan fingerprint density at radius 3 is 2.19 bits per heavy atom. The molecule has 1 aliphatic carbocycles. The molecule has 1 aromatic carbocycles. The van der Waals surface area contributed by atoms with E-state index in [0.29, 0.717) is 24.3 Å². The van der Waals surface area contributed by atoms with E-state index in [1.807, 2.05) is 13.8 Å². The molecule has 0 aromatic heterocycles. The minimum atomic E-state index is -0.713. The van der Waals surface area contributed by atoms with Gasteiger partial charge in [0, 0.05) is 24.3 Å². The summed E-state index contributed by atoms with van der Waals surface area (Å²) in [4.78, 5) is 26.0. The molecule has 2 rings (SSSR count). The first-order chi connectivity index (χ1) is 10.00. The van der Waals surface area contributed by atoms with E-state index in [1.54, 1.807) is 29.2 Å². The van der Waals surface area contributed by atoms with Crippen LogP contribution in [0.3, 0.4) is 0 Å². The summed E-state index contributed by atoms with van der Waals surface area (Å²) < 4.78 is 0. The quantitative estimate of drug-likeness (QED) is 0.870. The van der Waals surface area contributed by atoms with Crippen LogP contribution in [-0.4, -0.2) is 35.3 Å². The maximum Gasteiger partial charge on any atom is 0.253 e. The third kappa shape index (κ3) is 3.24. The molecule has 1 saturated carbocycles. The Balaban J connectivity index is 2.02. The Morgan fingerprint density at radius 2 is 1.76 bits per heavy atom. The SMILES string of the molecule is CCN(CC)C(=O)c1ccc(NC(=O)C2(N)CCC2)cc1. The van der Waals surface area contributed by atoms with Gasteiger partial charge in [0.2, 0.25) is 5.91 Å².